The van der Waals surface area contributed by atoms with Gasteiger partial charge < -0.3 is 14.8 Å². The van der Waals surface area contributed by atoms with E-state index >= 15 is 0 Å². The van der Waals surface area contributed by atoms with Crippen molar-refractivity contribution >= 4 is 11.8 Å². The fraction of sp³-hybridized carbons (Fsp3) is 0.545. The Hall–Kier alpha value is -1.15. The van der Waals surface area contributed by atoms with Crippen LogP contribution in [0.15, 0.2) is 12.3 Å². The minimum absolute atomic E-state index is 0.0458. The zero-order valence-corrected chi connectivity index (χ0v) is 11.4. The smallest absolute Gasteiger partial charge is 0.441 e. The number of halogens is 3. The average molecular weight is 296 g/mol. The number of alkyl halides is 3. The lowest BCUT2D eigenvalue weighted by Crippen LogP contribution is -2.19. The molecule has 1 rings (SSSR count). The lowest BCUT2D eigenvalue weighted by atomic mass is 10.3. The van der Waals surface area contributed by atoms with Gasteiger partial charge in [0.25, 0.3) is 0 Å². The first-order valence-corrected chi connectivity index (χ1v) is 6.43. The second-order valence-electron chi connectivity index (χ2n) is 3.46. The number of pyridine rings is 1. The van der Waals surface area contributed by atoms with E-state index in [0.29, 0.717) is 23.7 Å². The van der Waals surface area contributed by atoms with Gasteiger partial charge in [0.15, 0.2) is 11.5 Å². The summed E-state index contributed by atoms with van der Waals surface area (Å²) in [4.78, 5) is 4.11. The van der Waals surface area contributed by atoms with Crippen LogP contribution in [0.3, 0.4) is 0 Å². The van der Waals surface area contributed by atoms with E-state index in [4.69, 9.17) is 9.47 Å². The molecule has 0 bridgehead atoms. The number of rotatable bonds is 7. The Morgan fingerprint density at radius 3 is 2.63 bits per heavy atom. The number of aromatic nitrogens is 1. The molecule has 1 aromatic rings. The monoisotopic (exact) mass is 296 g/mol. The molecule has 0 saturated heterocycles. The van der Waals surface area contributed by atoms with Gasteiger partial charge >= 0.3 is 5.51 Å². The van der Waals surface area contributed by atoms with Crippen molar-refractivity contribution in [2.24, 2.45) is 0 Å². The third-order valence-corrected chi connectivity index (χ3v) is 2.94. The molecule has 0 fully saturated rings. The maximum absolute atomic E-state index is 11.9. The van der Waals surface area contributed by atoms with Gasteiger partial charge in [0.2, 0.25) is 0 Å². The van der Waals surface area contributed by atoms with Gasteiger partial charge in [0, 0.05) is 31.1 Å². The summed E-state index contributed by atoms with van der Waals surface area (Å²) in [6.07, 6.45) is 1.56. The lowest BCUT2D eigenvalue weighted by Gasteiger charge is -2.12. The Morgan fingerprint density at radius 1 is 1.32 bits per heavy atom. The molecule has 8 heteroatoms. The summed E-state index contributed by atoms with van der Waals surface area (Å²) < 4.78 is 46.0. The van der Waals surface area contributed by atoms with E-state index in [-0.39, 0.29) is 24.1 Å². The fourth-order valence-electron chi connectivity index (χ4n) is 1.42. The molecule has 0 unspecified atom stereocenters. The van der Waals surface area contributed by atoms with Crippen molar-refractivity contribution in [3.8, 4) is 11.5 Å². The van der Waals surface area contributed by atoms with Crippen LogP contribution in [0.1, 0.15) is 5.69 Å². The van der Waals surface area contributed by atoms with Crippen molar-refractivity contribution in [3.05, 3.63) is 18.0 Å². The Kier molecular flexibility index (Phi) is 6.23. The Labute approximate surface area is 113 Å². The maximum atomic E-state index is 11.9. The number of nitrogens with one attached hydrogen (secondary N) is 1. The van der Waals surface area contributed by atoms with Crippen LogP contribution in [-0.4, -0.2) is 37.0 Å². The molecule has 19 heavy (non-hydrogen) atoms. The Balaban J connectivity index is 2.45. The first kappa shape index (κ1) is 15.9. The van der Waals surface area contributed by atoms with Crippen LogP contribution in [-0.2, 0) is 6.54 Å². The second kappa shape index (κ2) is 7.44. The highest BCUT2D eigenvalue weighted by atomic mass is 32.2. The van der Waals surface area contributed by atoms with Gasteiger partial charge in [0.05, 0.1) is 19.9 Å². The summed E-state index contributed by atoms with van der Waals surface area (Å²) >= 11 is -0.0525. The third kappa shape index (κ3) is 5.56. The molecule has 0 radical (unpaired) electrons. The molecular formula is C11H15F3N2O2S. The minimum atomic E-state index is -4.19. The summed E-state index contributed by atoms with van der Waals surface area (Å²) in [6, 6.07) is 1.65. The number of hydrogen-bond acceptors (Lipinski definition) is 5. The van der Waals surface area contributed by atoms with Crippen LogP contribution in [0.4, 0.5) is 13.2 Å². The highest BCUT2D eigenvalue weighted by molar-refractivity contribution is 8.00. The van der Waals surface area contributed by atoms with E-state index in [2.05, 4.69) is 10.3 Å². The fourth-order valence-corrected chi connectivity index (χ4v) is 1.90. The number of methoxy groups -OCH3 is 2. The normalized spacial score (nSPS) is 11.4. The van der Waals surface area contributed by atoms with Gasteiger partial charge in [-0.15, -0.1) is 0 Å². The van der Waals surface area contributed by atoms with E-state index in [9.17, 15) is 13.2 Å². The number of hydrogen-bond donors (Lipinski definition) is 1. The van der Waals surface area contributed by atoms with Crippen molar-refractivity contribution in [1.29, 1.82) is 0 Å². The van der Waals surface area contributed by atoms with Crippen molar-refractivity contribution in [3.63, 3.8) is 0 Å². The predicted octanol–water partition coefficient (Wildman–Crippen LogP) is 2.44. The van der Waals surface area contributed by atoms with E-state index in [1.54, 1.807) is 12.3 Å². The number of thioether (sulfide) groups is 1. The highest BCUT2D eigenvalue weighted by Crippen LogP contribution is 2.30. The molecule has 0 aliphatic rings. The standard InChI is InChI=1S/C11H15F3N2O2S/c1-17-9-3-4-16-8(10(9)18-2)7-15-5-6-19-11(12,13)14/h3-4,15H,5-7H2,1-2H3. The molecule has 0 spiro atoms. The van der Waals surface area contributed by atoms with Gasteiger partial charge in [-0.05, 0) is 11.8 Å². The summed E-state index contributed by atoms with van der Waals surface area (Å²) in [5.74, 6) is 0.982. The van der Waals surface area contributed by atoms with E-state index in [1.807, 2.05) is 0 Å². The van der Waals surface area contributed by atoms with Crippen molar-refractivity contribution in [2.45, 2.75) is 12.1 Å². The highest BCUT2D eigenvalue weighted by Gasteiger charge is 2.27. The van der Waals surface area contributed by atoms with Crippen molar-refractivity contribution in [2.75, 3.05) is 26.5 Å². The molecule has 4 nitrogen and oxygen atoms in total. The van der Waals surface area contributed by atoms with Crippen LogP contribution < -0.4 is 14.8 Å². The predicted molar refractivity (Wildman–Crippen MR) is 67.6 cm³/mol. The largest absolute Gasteiger partial charge is 0.493 e. The summed E-state index contributed by atoms with van der Waals surface area (Å²) in [5, 5.41) is 2.88. The van der Waals surface area contributed by atoms with E-state index < -0.39 is 5.51 Å². The molecule has 1 heterocycles. The molecule has 0 aromatic carbocycles. The summed E-state index contributed by atoms with van der Waals surface area (Å²) in [7, 11) is 3.00. The van der Waals surface area contributed by atoms with Crippen LogP contribution in [0.5, 0.6) is 11.5 Å². The molecule has 0 aliphatic carbocycles. The van der Waals surface area contributed by atoms with Crippen LogP contribution >= 0.6 is 11.8 Å². The van der Waals surface area contributed by atoms with Gasteiger partial charge in [-0.1, -0.05) is 0 Å². The van der Waals surface area contributed by atoms with Gasteiger partial charge in [0.1, 0.15) is 0 Å². The zero-order valence-electron chi connectivity index (χ0n) is 10.6. The number of ether oxygens (including phenoxy) is 2. The molecule has 1 aromatic heterocycles. The first-order valence-electron chi connectivity index (χ1n) is 5.45. The van der Waals surface area contributed by atoms with Crippen molar-refractivity contribution < 1.29 is 22.6 Å². The molecule has 0 amide bonds. The summed E-state index contributed by atoms with van der Waals surface area (Å²) in [5.41, 5.74) is -3.59. The Bertz CT molecular complexity index is 402. The van der Waals surface area contributed by atoms with E-state index in [0.717, 1.165) is 0 Å². The van der Waals surface area contributed by atoms with Crippen molar-refractivity contribution in [1.82, 2.24) is 10.3 Å². The van der Waals surface area contributed by atoms with E-state index in [1.165, 1.54) is 14.2 Å². The molecule has 0 aliphatic heterocycles. The third-order valence-electron chi connectivity index (χ3n) is 2.20. The lowest BCUT2D eigenvalue weighted by molar-refractivity contribution is -0.0327. The molecule has 1 N–H and O–H groups in total. The van der Waals surface area contributed by atoms with Crippen LogP contribution in [0.25, 0.3) is 0 Å². The van der Waals surface area contributed by atoms with Gasteiger partial charge in [-0.3, -0.25) is 4.98 Å². The maximum Gasteiger partial charge on any atom is 0.441 e. The van der Waals surface area contributed by atoms with Gasteiger partial charge in [-0.25, -0.2) is 0 Å². The van der Waals surface area contributed by atoms with Gasteiger partial charge in [-0.2, -0.15) is 13.2 Å². The molecule has 108 valence electrons. The summed E-state index contributed by atoms with van der Waals surface area (Å²) in [6.45, 7) is 0.547. The minimum Gasteiger partial charge on any atom is -0.493 e. The second-order valence-corrected chi connectivity index (χ2v) is 4.62. The van der Waals surface area contributed by atoms with Crippen LogP contribution in [0.2, 0.25) is 0 Å². The molecular weight excluding hydrogens is 281 g/mol. The average Bonchev–Trinajstić information content (AvgIpc) is 2.36. The topological polar surface area (TPSA) is 43.4 Å². The first-order chi connectivity index (χ1) is 8.98. The quantitative estimate of drug-likeness (QED) is 0.783. The molecule has 0 saturated carbocycles. The Morgan fingerprint density at radius 2 is 2.05 bits per heavy atom. The SMILES string of the molecule is COc1ccnc(CNCCSC(F)(F)F)c1OC. The number of nitrogens with zero attached hydrogens (tertiary/aromatic N) is 1. The molecule has 0 atom stereocenters. The zero-order chi connectivity index (χ0) is 14.3. The van der Waals surface area contributed by atoms with Crippen LogP contribution in [0, 0.1) is 0 Å².